The molecule has 4 rings (SSSR count). The number of carbonyl (C=O) groups is 1. The number of halogens is 2. The monoisotopic (exact) mass is 435 g/mol. The van der Waals surface area contributed by atoms with Crippen LogP contribution in [0.4, 0.5) is 4.39 Å². The molecule has 0 bridgehead atoms. The number of para-hydroxylation sites is 1. The first-order valence-corrected chi connectivity index (χ1v) is 9.56. The molecule has 0 amide bonds. The molecule has 0 aliphatic carbocycles. The summed E-state index contributed by atoms with van der Waals surface area (Å²) in [5.41, 5.74) is 0.889. The Morgan fingerprint density at radius 3 is 2.65 bits per heavy atom. The molecule has 2 heterocycles. The van der Waals surface area contributed by atoms with Crippen LogP contribution >= 0.6 is 11.6 Å². The number of hydrogen-bond donors (Lipinski definition) is 0. The minimum absolute atomic E-state index is 0.128. The van der Waals surface area contributed by atoms with E-state index in [1.54, 1.807) is 48.6 Å². The molecule has 2 aromatic carbocycles. The van der Waals surface area contributed by atoms with Gasteiger partial charge in [-0.25, -0.2) is 19.2 Å². The van der Waals surface area contributed by atoms with Crippen molar-refractivity contribution in [1.29, 1.82) is 0 Å². The van der Waals surface area contributed by atoms with Crippen LogP contribution in [-0.4, -0.2) is 27.6 Å². The van der Waals surface area contributed by atoms with Crippen molar-refractivity contribution < 1.29 is 13.9 Å². The molecule has 0 spiro atoms. The second-order valence-electron chi connectivity index (χ2n) is 6.50. The van der Waals surface area contributed by atoms with E-state index in [9.17, 15) is 14.0 Å². The fraction of sp³-hybridized carbons (Fsp3) is 0.0435. The zero-order chi connectivity index (χ0) is 22.0. The van der Waals surface area contributed by atoms with Gasteiger partial charge in [0.15, 0.2) is 0 Å². The highest BCUT2D eigenvalue weighted by atomic mass is 35.5. The summed E-state index contributed by atoms with van der Waals surface area (Å²) in [5.74, 6) is -0.833. The summed E-state index contributed by atoms with van der Waals surface area (Å²) in [6.07, 6.45) is 3.19. The molecule has 0 atom stereocenters. The van der Waals surface area contributed by atoms with Crippen LogP contribution in [0.1, 0.15) is 22.0 Å². The molecule has 4 aromatic rings. The third-order valence-electron chi connectivity index (χ3n) is 4.52. The van der Waals surface area contributed by atoms with Gasteiger partial charge in [-0.3, -0.25) is 9.36 Å². The molecule has 154 valence electrons. The Kier molecular flexibility index (Phi) is 5.60. The first kappa shape index (κ1) is 20.4. The predicted molar refractivity (Wildman–Crippen MR) is 117 cm³/mol. The molecule has 0 aliphatic heterocycles. The number of methoxy groups -OCH3 is 1. The molecule has 6 nitrogen and oxygen atoms in total. The molecule has 0 N–H and O–H groups in total. The third kappa shape index (κ3) is 4.08. The van der Waals surface area contributed by atoms with Crippen molar-refractivity contribution >= 4 is 40.6 Å². The fourth-order valence-electron chi connectivity index (χ4n) is 3.08. The second-order valence-corrected chi connectivity index (χ2v) is 6.90. The van der Waals surface area contributed by atoms with Crippen LogP contribution in [0.2, 0.25) is 5.02 Å². The van der Waals surface area contributed by atoms with Gasteiger partial charge >= 0.3 is 5.97 Å². The van der Waals surface area contributed by atoms with E-state index in [0.717, 1.165) is 6.07 Å². The summed E-state index contributed by atoms with van der Waals surface area (Å²) in [7, 11) is 1.27. The Morgan fingerprint density at radius 2 is 1.87 bits per heavy atom. The Morgan fingerprint density at radius 1 is 1.06 bits per heavy atom. The van der Waals surface area contributed by atoms with E-state index in [1.807, 2.05) is 0 Å². The summed E-state index contributed by atoms with van der Waals surface area (Å²) in [6.45, 7) is 0. The average molecular weight is 436 g/mol. The van der Waals surface area contributed by atoms with E-state index in [1.165, 1.54) is 29.9 Å². The van der Waals surface area contributed by atoms with E-state index in [0.29, 0.717) is 21.9 Å². The quantitative estimate of drug-likeness (QED) is 0.440. The minimum Gasteiger partial charge on any atom is -0.464 e. The lowest BCUT2D eigenvalue weighted by atomic mass is 10.2. The molecule has 8 heteroatoms. The molecule has 2 aromatic heterocycles. The Labute approximate surface area is 181 Å². The first-order valence-electron chi connectivity index (χ1n) is 9.18. The molecule has 0 saturated heterocycles. The molecule has 0 radical (unpaired) electrons. The van der Waals surface area contributed by atoms with E-state index in [2.05, 4.69) is 14.7 Å². The van der Waals surface area contributed by atoms with E-state index in [-0.39, 0.29) is 16.9 Å². The van der Waals surface area contributed by atoms with Crippen molar-refractivity contribution in [2.45, 2.75) is 0 Å². The molecule has 0 aliphatic rings. The van der Waals surface area contributed by atoms with Crippen LogP contribution < -0.4 is 5.56 Å². The zero-order valence-electron chi connectivity index (χ0n) is 16.3. The summed E-state index contributed by atoms with van der Waals surface area (Å²) in [6, 6.07) is 15.5. The van der Waals surface area contributed by atoms with Crippen molar-refractivity contribution in [3.63, 3.8) is 0 Å². The maximum Gasteiger partial charge on any atom is 0.356 e. The fourth-order valence-corrected chi connectivity index (χ4v) is 3.30. The normalized spacial score (nSPS) is 11.2. The SMILES string of the molecule is COC(=O)c1cccc(/C=C/c2nc3ccc(F)cc3c(=O)n2-c2ccccc2Cl)n1. The van der Waals surface area contributed by atoms with Crippen LogP contribution in [0, 0.1) is 5.82 Å². The molecule has 0 unspecified atom stereocenters. The first-order chi connectivity index (χ1) is 15.0. The van der Waals surface area contributed by atoms with Gasteiger partial charge in [0.05, 0.1) is 34.4 Å². The lowest BCUT2D eigenvalue weighted by Crippen LogP contribution is -2.22. The van der Waals surface area contributed by atoms with Crippen LogP contribution in [0.25, 0.3) is 28.7 Å². The number of aromatic nitrogens is 3. The van der Waals surface area contributed by atoms with Crippen molar-refractivity contribution in [1.82, 2.24) is 14.5 Å². The van der Waals surface area contributed by atoms with Crippen LogP contribution in [0.15, 0.2) is 65.5 Å². The lowest BCUT2D eigenvalue weighted by Gasteiger charge is -2.12. The summed E-state index contributed by atoms with van der Waals surface area (Å²) in [5, 5.41) is 0.463. The maximum atomic E-state index is 13.8. The number of nitrogens with zero attached hydrogens (tertiary/aromatic N) is 3. The number of carbonyl (C=O) groups excluding carboxylic acids is 1. The minimum atomic E-state index is -0.561. The van der Waals surface area contributed by atoms with Gasteiger partial charge < -0.3 is 4.74 Å². The number of esters is 1. The van der Waals surface area contributed by atoms with Crippen molar-refractivity contribution in [3.05, 3.63) is 99.1 Å². The number of ether oxygens (including phenoxy) is 1. The molecular weight excluding hydrogens is 421 g/mol. The zero-order valence-corrected chi connectivity index (χ0v) is 17.0. The summed E-state index contributed by atoms with van der Waals surface area (Å²) in [4.78, 5) is 33.7. The van der Waals surface area contributed by atoms with E-state index >= 15 is 0 Å². The van der Waals surface area contributed by atoms with Gasteiger partial charge in [-0.05, 0) is 54.6 Å². The third-order valence-corrected chi connectivity index (χ3v) is 4.84. The van der Waals surface area contributed by atoms with E-state index < -0.39 is 17.3 Å². The van der Waals surface area contributed by atoms with Crippen LogP contribution in [-0.2, 0) is 4.74 Å². The number of benzene rings is 2. The predicted octanol–water partition coefficient (Wildman–Crippen LogP) is 4.53. The van der Waals surface area contributed by atoms with Crippen molar-refractivity contribution in [2.75, 3.05) is 7.11 Å². The number of fused-ring (bicyclic) bond motifs is 1. The summed E-state index contributed by atoms with van der Waals surface area (Å²) < 4.78 is 19.8. The van der Waals surface area contributed by atoms with Gasteiger partial charge in [-0.1, -0.05) is 29.8 Å². The topological polar surface area (TPSA) is 74.1 Å². The molecule has 0 saturated carbocycles. The molecular formula is C23H15ClFN3O3. The van der Waals surface area contributed by atoms with Crippen LogP contribution in [0.5, 0.6) is 0 Å². The summed E-state index contributed by atoms with van der Waals surface area (Å²) >= 11 is 6.32. The maximum absolute atomic E-state index is 13.8. The van der Waals surface area contributed by atoms with Gasteiger partial charge in [-0.2, -0.15) is 0 Å². The van der Waals surface area contributed by atoms with Gasteiger partial charge in [0.2, 0.25) is 0 Å². The highest BCUT2D eigenvalue weighted by molar-refractivity contribution is 6.32. The Balaban J connectivity index is 1.91. The number of hydrogen-bond acceptors (Lipinski definition) is 5. The van der Waals surface area contributed by atoms with Crippen LogP contribution in [0.3, 0.4) is 0 Å². The van der Waals surface area contributed by atoms with Gasteiger partial charge in [0.25, 0.3) is 5.56 Å². The second kappa shape index (κ2) is 8.49. The van der Waals surface area contributed by atoms with Crippen molar-refractivity contribution in [2.24, 2.45) is 0 Å². The van der Waals surface area contributed by atoms with E-state index in [4.69, 9.17) is 11.6 Å². The number of pyridine rings is 1. The highest BCUT2D eigenvalue weighted by Crippen LogP contribution is 2.22. The standard InChI is InChI=1S/C23H15ClFN3O3/c1-31-23(30)19-7-4-5-15(26-19)10-12-21-27-18-11-9-14(25)13-16(18)22(29)28(21)20-8-3-2-6-17(20)24/h2-13H,1H3/b12-10+. The van der Waals surface area contributed by atoms with Gasteiger partial charge in [-0.15, -0.1) is 0 Å². The largest absolute Gasteiger partial charge is 0.464 e. The average Bonchev–Trinajstić information content (AvgIpc) is 2.78. The lowest BCUT2D eigenvalue weighted by molar-refractivity contribution is 0.0594. The molecule has 31 heavy (non-hydrogen) atoms. The van der Waals surface area contributed by atoms with Gasteiger partial charge in [0.1, 0.15) is 17.3 Å². The smallest absolute Gasteiger partial charge is 0.356 e. The Hall–Kier alpha value is -3.84. The number of rotatable bonds is 4. The molecule has 0 fully saturated rings. The van der Waals surface area contributed by atoms with Gasteiger partial charge in [0, 0.05) is 0 Å². The van der Waals surface area contributed by atoms with Crippen molar-refractivity contribution in [3.8, 4) is 5.69 Å². The Bertz CT molecular complexity index is 1400. The highest BCUT2D eigenvalue weighted by Gasteiger charge is 2.14.